The topological polar surface area (TPSA) is 98.5 Å². The molecule has 1 amide bonds. The highest BCUT2D eigenvalue weighted by Crippen LogP contribution is 2.28. The van der Waals surface area contributed by atoms with Crippen molar-refractivity contribution in [3.63, 3.8) is 0 Å². The van der Waals surface area contributed by atoms with Crippen LogP contribution in [0.25, 0.3) is 0 Å². The fraction of sp³-hybridized carbons (Fsp3) is 0.111. The van der Waals surface area contributed by atoms with Gasteiger partial charge in [0.25, 0.3) is 5.69 Å². The number of benzene rings is 1. The number of anilines is 1. The van der Waals surface area contributed by atoms with E-state index in [1.807, 2.05) is 0 Å². The van der Waals surface area contributed by atoms with Crippen LogP contribution in [0, 0.1) is 10.1 Å². The van der Waals surface area contributed by atoms with Crippen LogP contribution in [0.4, 0.5) is 11.4 Å². The van der Waals surface area contributed by atoms with Crippen molar-refractivity contribution in [3.05, 3.63) is 28.3 Å². The van der Waals surface area contributed by atoms with Gasteiger partial charge in [0.1, 0.15) is 11.4 Å². The van der Waals surface area contributed by atoms with Gasteiger partial charge in [-0.2, -0.15) is 0 Å². The van der Waals surface area contributed by atoms with Gasteiger partial charge >= 0.3 is 5.97 Å². The van der Waals surface area contributed by atoms with Crippen molar-refractivity contribution in [3.8, 4) is 5.75 Å². The predicted octanol–water partition coefficient (Wildman–Crippen LogP) is 1.09. The molecule has 0 spiro atoms. The van der Waals surface area contributed by atoms with Crippen molar-refractivity contribution < 1.29 is 19.2 Å². The fourth-order valence-electron chi connectivity index (χ4n) is 1.08. The molecule has 0 aliphatic rings. The molecule has 0 radical (unpaired) electrons. The van der Waals surface area contributed by atoms with E-state index in [9.17, 15) is 19.7 Å². The highest BCUT2D eigenvalue weighted by molar-refractivity contribution is 5.79. The Morgan fingerprint density at radius 1 is 1.56 bits per heavy atom. The molecule has 0 aliphatic carbocycles. The summed E-state index contributed by atoms with van der Waals surface area (Å²) in [5.41, 5.74) is -0.304. The van der Waals surface area contributed by atoms with E-state index in [2.05, 4.69) is 10.1 Å². The van der Waals surface area contributed by atoms with Gasteiger partial charge in [0, 0.05) is 6.92 Å². The molecule has 1 rings (SSSR count). The lowest BCUT2D eigenvalue weighted by atomic mass is 10.2. The lowest BCUT2D eigenvalue weighted by Gasteiger charge is -2.04. The summed E-state index contributed by atoms with van der Waals surface area (Å²) in [7, 11) is 0. The quantitative estimate of drug-likeness (QED) is 0.271. The lowest BCUT2D eigenvalue weighted by molar-refractivity contribution is -0.384. The molecule has 0 saturated heterocycles. The van der Waals surface area contributed by atoms with E-state index in [1.165, 1.54) is 19.1 Å². The predicted molar refractivity (Wildman–Crippen MR) is 54.1 cm³/mol. The van der Waals surface area contributed by atoms with Gasteiger partial charge in [-0.1, -0.05) is 0 Å². The Morgan fingerprint density at radius 2 is 2.25 bits per heavy atom. The number of nitrogens with one attached hydrogen (secondary N) is 1. The number of amides is 1. The highest BCUT2D eigenvalue weighted by atomic mass is 16.6. The SMILES string of the molecule is CC(=O)Oc1ccc(NC=O)c([N+](=O)[O-])c1. The monoisotopic (exact) mass is 224 g/mol. The molecule has 84 valence electrons. The van der Waals surface area contributed by atoms with Crippen LogP contribution in [-0.4, -0.2) is 17.3 Å². The molecule has 0 aromatic heterocycles. The molecular formula is C9H8N2O5. The Labute approximate surface area is 90.2 Å². The summed E-state index contributed by atoms with van der Waals surface area (Å²) in [6.07, 6.45) is 0.327. The van der Waals surface area contributed by atoms with Crippen LogP contribution in [0.3, 0.4) is 0 Å². The number of nitro groups is 1. The number of hydrogen-bond acceptors (Lipinski definition) is 5. The van der Waals surface area contributed by atoms with Crippen LogP contribution >= 0.6 is 0 Å². The molecule has 7 nitrogen and oxygen atoms in total. The van der Waals surface area contributed by atoms with Gasteiger partial charge in [-0.3, -0.25) is 19.7 Å². The molecule has 7 heteroatoms. The van der Waals surface area contributed by atoms with E-state index < -0.39 is 10.9 Å². The summed E-state index contributed by atoms with van der Waals surface area (Å²) < 4.78 is 4.68. The zero-order valence-electron chi connectivity index (χ0n) is 8.30. The molecule has 0 fully saturated rings. The van der Waals surface area contributed by atoms with Crippen molar-refractivity contribution in [1.82, 2.24) is 0 Å². The summed E-state index contributed by atoms with van der Waals surface area (Å²) in [5, 5.41) is 12.8. The van der Waals surface area contributed by atoms with Crippen LogP contribution in [0.2, 0.25) is 0 Å². The van der Waals surface area contributed by atoms with Crippen LogP contribution < -0.4 is 10.1 Å². The number of nitrogens with zero attached hydrogens (tertiary/aromatic N) is 1. The summed E-state index contributed by atoms with van der Waals surface area (Å²) in [6.45, 7) is 1.18. The average Bonchev–Trinajstić information content (AvgIpc) is 2.19. The van der Waals surface area contributed by atoms with Gasteiger partial charge in [0.05, 0.1) is 11.0 Å². The number of carbonyl (C=O) groups excluding carboxylic acids is 2. The van der Waals surface area contributed by atoms with E-state index in [0.717, 1.165) is 6.07 Å². The third-order valence-corrected chi connectivity index (χ3v) is 1.64. The Hall–Kier alpha value is -2.44. The average molecular weight is 224 g/mol. The maximum absolute atomic E-state index is 10.6. The van der Waals surface area contributed by atoms with Crippen molar-refractivity contribution >= 4 is 23.8 Å². The van der Waals surface area contributed by atoms with E-state index >= 15 is 0 Å². The Kier molecular flexibility index (Phi) is 3.54. The minimum Gasteiger partial charge on any atom is -0.426 e. The number of nitro benzene ring substituents is 1. The summed E-state index contributed by atoms with van der Waals surface area (Å²) in [6, 6.07) is 3.69. The summed E-state index contributed by atoms with van der Waals surface area (Å²) >= 11 is 0. The zero-order chi connectivity index (χ0) is 12.1. The maximum Gasteiger partial charge on any atom is 0.308 e. The Balaban J connectivity index is 3.11. The van der Waals surface area contributed by atoms with Crippen LogP contribution in [0.5, 0.6) is 5.75 Å². The van der Waals surface area contributed by atoms with Gasteiger partial charge in [0.2, 0.25) is 6.41 Å². The lowest BCUT2D eigenvalue weighted by Crippen LogP contribution is -2.03. The summed E-state index contributed by atoms with van der Waals surface area (Å²) in [4.78, 5) is 30.8. The fourth-order valence-corrected chi connectivity index (χ4v) is 1.08. The van der Waals surface area contributed by atoms with Gasteiger partial charge in [-0.05, 0) is 12.1 Å². The van der Waals surface area contributed by atoms with E-state index in [-0.39, 0.29) is 17.1 Å². The molecule has 16 heavy (non-hydrogen) atoms. The minimum absolute atomic E-state index is 0.0379. The number of hydrogen-bond donors (Lipinski definition) is 1. The second kappa shape index (κ2) is 4.87. The molecule has 1 N–H and O–H groups in total. The van der Waals surface area contributed by atoms with Gasteiger partial charge in [0.15, 0.2) is 0 Å². The smallest absolute Gasteiger partial charge is 0.308 e. The molecule has 0 heterocycles. The second-order valence-corrected chi connectivity index (χ2v) is 2.79. The third kappa shape index (κ3) is 2.77. The minimum atomic E-state index is -0.682. The molecule has 1 aromatic carbocycles. The number of rotatable bonds is 4. The molecular weight excluding hydrogens is 216 g/mol. The molecule has 0 aliphatic heterocycles. The summed E-state index contributed by atoms with van der Waals surface area (Å²) in [5.74, 6) is -0.527. The first kappa shape index (κ1) is 11.6. The van der Waals surface area contributed by atoms with Crippen molar-refractivity contribution in [2.24, 2.45) is 0 Å². The van der Waals surface area contributed by atoms with Gasteiger partial charge < -0.3 is 10.1 Å². The van der Waals surface area contributed by atoms with E-state index in [1.54, 1.807) is 0 Å². The number of ether oxygens (including phenoxy) is 1. The van der Waals surface area contributed by atoms with Crippen LogP contribution in [0.1, 0.15) is 6.92 Å². The van der Waals surface area contributed by atoms with Crippen molar-refractivity contribution in [1.29, 1.82) is 0 Å². The van der Waals surface area contributed by atoms with Gasteiger partial charge in [-0.15, -0.1) is 0 Å². The normalized spacial score (nSPS) is 9.31. The van der Waals surface area contributed by atoms with E-state index in [0.29, 0.717) is 6.41 Å². The zero-order valence-corrected chi connectivity index (χ0v) is 8.30. The second-order valence-electron chi connectivity index (χ2n) is 2.79. The first-order chi connectivity index (χ1) is 7.54. The molecule has 1 aromatic rings. The Bertz CT molecular complexity index is 444. The maximum atomic E-state index is 10.6. The first-order valence-electron chi connectivity index (χ1n) is 4.21. The van der Waals surface area contributed by atoms with Crippen molar-refractivity contribution in [2.45, 2.75) is 6.92 Å². The van der Waals surface area contributed by atoms with E-state index in [4.69, 9.17) is 0 Å². The first-order valence-corrected chi connectivity index (χ1v) is 4.21. The number of carbonyl (C=O) groups is 2. The largest absolute Gasteiger partial charge is 0.426 e. The van der Waals surface area contributed by atoms with Crippen LogP contribution in [-0.2, 0) is 9.59 Å². The van der Waals surface area contributed by atoms with Crippen LogP contribution in [0.15, 0.2) is 18.2 Å². The van der Waals surface area contributed by atoms with Crippen molar-refractivity contribution in [2.75, 3.05) is 5.32 Å². The number of esters is 1. The molecule has 0 saturated carbocycles. The highest BCUT2D eigenvalue weighted by Gasteiger charge is 2.15. The molecule has 0 atom stereocenters. The third-order valence-electron chi connectivity index (χ3n) is 1.64. The molecule has 0 bridgehead atoms. The standard InChI is InChI=1S/C9H8N2O5/c1-6(13)16-7-2-3-8(10-5-12)9(4-7)11(14)15/h2-5H,1H3,(H,10,12). The molecule has 0 unspecified atom stereocenters. The Morgan fingerprint density at radius 3 is 2.75 bits per heavy atom. The van der Waals surface area contributed by atoms with Gasteiger partial charge in [-0.25, -0.2) is 0 Å².